The number of benzene rings is 1. The number of amides is 1. The van der Waals surface area contributed by atoms with Gasteiger partial charge >= 0.3 is 5.97 Å². The van der Waals surface area contributed by atoms with E-state index in [4.69, 9.17) is 4.74 Å². The van der Waals surface area contributed by atoms with Crippen LogP contribution in [0.3, 0.4) is 0 Å². The van der Waals surface area contributed by atoms with Gasteiger partial charge in [-0.2, -0.15) is 11.8 Å². The molecule has 0 unspecified atom stereocenters. The minimum Gasteiger partial charge on any atom is -0.466 e. The lowest BCUT2D eigenvalue weighted by Crippen LogP contribution is -2.34. The molecule has 1 aliphatic rings. The molecule has 0 bridgehead atoms. The Hall–Kier alpha value is -1.79. The molecule has 1 aromatic carbocycles. The highest BCUT2D eigenvalue weighted by Crippen LogP contribution is 2.21. The van der Waals surface area contributed by atoms with Gasteiger partial charge in [0.25, 0.3) is 0 Å². The van der Waals surface area contributed by atoms with Gasteiger partial charge in [0.15, 0.2) is 0 Å². The second-order valence-electron chi connectivity index (χ2n) is 9.37. The molecule has 0 spiro atoms. The first kappa shape index (κ1) is 29.4. The molecule has 1 heterocycles. The summed E-state index contributed by atoms with van der Waals surface area (Å²) in [4.78, 5) is 25.9. The summed E-state index contributed by atoms with van der Waals surface area (Å²) in [5, 5.41) is 10.4. The van der Waals surface area contributed by atoms with Crippen LogP contribution in [0, 0.1) is 0 Å². The van der Waals surface area contributed by atoms with Crippen molar-refractivity contribution in [3.8, 4) is 0 Å². The molecule has 0 saturated carbocycles. The Balaban J connectivity index is 1.53. The van der Waals surface area contributed by atoms with E-state index in [1.165, 1.54) is 18.4 Å². The summed E-state index contributed by atoms with van der Waals surface area (Å²) in [6.45, 7) is 3.32. The molecule has 0 aliphatic carbocycles. The minimum absolute atomic E-state index is 0.0946. The Labute approximate surface area is 216 Å². The number of nitrogens with zero attached hydrogens (tertiary/aromatic N) is 1. The highest BCUT2D eigenvalue weighted by molar-refractivity contribution is 7.99. The van der Waals surface area contributed by atoms with E-state index in [1.54, 1.807) is 11.8 Å². The Kier molecular flexibility index (Phi) is 15.5. The molecule has 1 amide bonds. The fourth-order valence-electron chi connectivity index (χ4n) is 4.27. The van der Waals surface area contributed by atoms with E-state index in [-0.39, 0.29) is 17.9 Å². The van der Waals surface area contributed by atoms with Crippen LogP contribution in [0.5, 0.6) is 0 Å². The molecule has 1 fully saturated rings. The molecule has 0 radical (unpaired) electrons. The number of hydrogen-bond donors (Lipinski definition) is 1. The minimum atomic E-state index is -0.437. The summed E-state index contributed by atoms with van der Waals surface area (Å²) in [6, 6.07) is 10.7. The van der Waals surface area contributed by atoms with Crippen molar-refractivity contribution >= 4 is 23.6 Å². The van der Waals surface area contributed by atoms with E-state index in [0.29, 0.717) is 19.4 Å². The van der Waals surface area contributed by atoms with Crippen molar-refractivity contribution in [3.05, 3.63) is 48.0 Å². The molecule has 5 nitrogen and oxygen atoms in total. The highest BCUT2D eigenvalue weighted by atomic mass is 32.2. The molecular weight excluding hydrogens is 458 g/mol. The van der Waals surface area contributed by atoms with Crippen molar-refractivity contribution in [2.24, 2.45) is 0 Å². The van der Waals surface area contributed by atoms with Gasteiger partial charge in [-0.3, -0.25) is 9.59 Å². The second-order valence-corrected chi connectivity index (χ2v) is 10.6. The van der Waals surface area contributed by atoms with Gasteiger partial charge < -0.3 is 14.7 Å². The second kappa shape index (κ2) is 18.5. The van der Waals surface area contributed by atoms with Crippen molar-refractivity contribution in [1.29, 1.82) is 0 Å². The number of carbonyl (C=O) groups is 2. The lowest BCUT2D eigenvalue weighted by molar-refractivity contribution is -0.143. The van der Waals surface area contributed by atoms with E-state index in [9.17, 15) is 14.7 Å². The van der Waals surface area contributed by atoms with Crippen molar-refractivity contribution in [2.75, 3.05) is 24.7 Å². The Morgan fingerprint density at radius 3 is 2.74 bits per heavy atom. The summed E-state index contributed by atoms with van der Waals surface area (Å²) >= 11 is 1.78. The van der Waals surface area contributed by atoms with Crippen LogP contribution in [0.2, 0.25) is 0 Å². The van der Waals surface area contributed by atoms with E-state index in [1.807, 2.05) is 17.1 Å². The largest absolute Gasteiger partial charge is 0.466 e. The average Bonchev–Trinajstić information content (AvgIpc) is 3.22. The number of aliphatic hydroxyl groups is 1. The smallest absolute Gasteiger partial charge is 0.305 e. The summed E-state index contributed by atoms with van der Waals surface area (Å²) in [5.74, 6) is 1.86. The Bertz CT molecular complexity index is 739. The Morgan fingerprint density at radius 1 is 1.14 bits per heavy atom. The number of rotatable bonds is 19. The number of likely N-dealkylation sites (tertiary alicyclic amines) is 1. The number of hydrogen-bond acceptors (Lipinski definition) is 5. The van der Waals surface area contributed by atoms with Crippen molar-refractivity contribution < 1.29 is 19.4 Å². The molecule has 1 aromatic rings. The summed E-state index contributed by atoms with van der Waals surface area (Å²) in [5.41, 5.74) is 1.40. The number of aryl methyl sites for hydroxylation is 1. The molecule has 1 saturated heterocycles. The van der Waals surface area contributed by atoms with Crippen LogP contribution in [0.4, 0.5) is 0 Å². The number of carbonyl (C=O) groups excluding carboxylic acids is 2. The highest BCUT2D eigenvalue weighted by Gasteiger charge is 2.28. The third kappa shape index (κ3) is 13.2. The fraction of sp³-hybridized carbons (Fsp3) is 0.655. The van der Waals surface area contributed by atoms with E-state index in [0.717, 1.165) is 69.4 Å². The molecule has 35 heavy (non-hydrogen) atoms. The van der Waals surface area contributed by atoms with Crippen LogP contribution in [0.25, 0.3) is 0 Å². The number of esters is 1. The van der Waals surface area contributed by atoms with Gasteiger partial charge in [-0.1, -0.05) is 75.1 Å². The number of thioether (sulfide) groups is 1. The van der Waals surface area contributed by atoms with E-state index < -0.39 is 6.10 Å². The zero-order valence-corrected chi connectivity index (χ0v) is 22.4. The first-order valence-corrected chi connectivity index (χ1v) is 14.7. The van der Waals surface area contributed by atoms with E-state index in [2.05, 4.69) is 37.3 Å². The first-order chi connectivity index (χ1) is 17.1. The maximum absolute atomic E-state index is 12.3. The fourth-order valence-corrected chi connectivity index (χ4v) is 5.14. The topological polar surface area (TPSA) is 66.8 Å². The maximum atomic E-state index is 12.3. The van der Waals surface area contributed by atoms with Crippen LogP contribution < -0.4 is 0 Å². The van der Waals surface area contributed by atoms with Crippen molar-refractivity contribution in [2.45, 2.75) is 96.1 Å². The predicted octanol–water partition coefficient (Wildman–Crippen LogP) is 5.94. The van der Waals surface area contributed by atoms with Crippen molar-refractivity contribution in [3.63, 3.8) is 0 Å². The number of aliphatic hydroxyl groups excluding tert-OH is 1. The first-order valence-electron chi connectivity index (χ1n) is 13.5. The standard InChI is InChI=1S/C29H45NO4S/c1-2-3-22-34-29(33)16-11-23-35-24-21-30-26(18-20-28(30)32)17-19-27(31)15-10-5-4-7-12-25-13-8-6-9-14-25/h6,8-9,13-14,17,19,26-27,31H,2-5,7,10-12,15-16,18,20-24H2,1H3/b19-17+/t26-,27+/m0/s1. The molecule has 6 heteroatoms. The monoisotopic (exact) mass is 503 g/mol. The zero-order chi connectivity index (χ0) is 25.1. The van der Waals surface area contributed by atoms with Gasteiger partial charge in [-0.05, 0) is 49.8 Å². The van der Waals surface area contributed by atoms with Gasteiger partial charge in [-0.25, -0.2) is 0 Å². The maximum Gasteiger partial charge on any atom is 0.305 e. The summed E-state index contributed by atoms with van der Waals surface area (Å²) in [7, 11) is 0. The van der Waals surface area contributed by atoms with E-state index >= 15 is 0 Å². The van der Waals surface area contributed by atoms with Gasteiger partial charge in [-0.15, -0.1) is 0 Å². The zero-order valence-electron chi connectivity index (χ0n) is 21.5. The molecule has 1 aliphatic heterocycles. The van der Waals surface area contributed by atoms with Crippen molar-refractivity contribution in [1.82, 2.24) is 4.90 Å². The van der Waals surface area contributed by atoms with Gasteiger partial charge in [0.05, 0.1) is 18.8 Å². The molecule has 196 valence electrons. The lowest BCUT2D eigenvalue weighted by Gasteiger charge is -2.22. The molecule has 2 rings (SSSR count). The summed E-state index contributed by atoms with van der Waals surface area (Å²) < 4.78 is 5.17. The van der Waals surface area contributed by atoms with Crippen LogP contribution >= 0.6 is 11.8 Å². The predicted molar refractivity (Wildman–Crippen MR) is 146 cm³/mol. The molecule has 1 N–H and O–H groups in total. The lowest BCUT2D eigenvalue weighted by atomic mass is 10.0. The summed E-state index contributed by atoms with van der Waals surface area (Å²) in [6.07, 6.45) is 14.6. The number of ether oxygens (including phenoxy) is 1. The third-order valence-corrected chi connectivity index (χ3v) is 7.44. The Morgan fingerprint density at radius 2 is 1.94 bits per heavy atom. The molecule has 0 aromatic heterocycles. The quantitative estimate of drug-likeness (QED) is 0.144. The van der Waals surface area contributed by atoms with Crippen LogP contribution in [0.1, 0.15) is 83.1 Å². The molecular formula is C29H45NO4S. The van der Waals surface area contributed by atoms with Gasteiger partial charge in [0, 0.05) is 25.1 Å². The van der Waals surface area contributed by atoms with Gasteiger partial charge in [0.2, 0.25) is 5.91 Å². The van der Waals surface area contributed by atoms with Crippen LogP contribution in [-0.2, 0) is 20.7 Å². The normalized spacial score (nSPS) is 16.8. The SMILES string of the molecule is CCCCOC(=O)CCCSCCN1C(=O)CC[C@@H]1/C=C/[C@H](O)CCCCCCc1ccccc1. The molecule has 2 atom stereocenters. The van der Waals surface area contributed by atoms with Crippen LogP contribution in [0.15, 0.2) is 42.5 Å². The average molecular weight is 504 g/mol. The number of unbranched alkanes of at least 4 members (excludes halogenated alkanes) is 4. The van der Waals surface area contributed by atoms with Crippen LogP contribution in [-0.4, -0.2) is 58.7 Å². The van der Waals surface area contributed by atoms with Gasteiger partial charge in [0.1, 0.15) is 0 Å². The third-order valence-electron chi connectivity index (χ3n) is 6.40.